The van der Waals surface area contributed by atoms with Gasteiger partial charge >= 0.3 is 0 Å². The van der Waals surface area contributed by atoms with E-state index in [9.17, 15) is 66.1 Å². The van der Waals surface area contributed by atoms with Gasteiger partial charge in [0.2, 0.25) is 29.5 Å². The van der Waals surface area contributed by atoms with Crippen LogP contribution in [0.15, 0.2) is 33.5 Å². The van der Waals surface area contributed by atoms with E-state index in [0.717, 1.165) is 24.3 Å². The van der Waals surface area contributed by atoms with Gasteiger partial charge in [-0.25, -0.2) is 0 Å². The van der Waals surface area contributed by atoms with Crippen molar-refractivity contribution in [2.45, 2.75) is 113 Å². The molecule has 0 spiro atoms. The number of aliphatic hydroxyl groups excluding tert-OH is 8. The molecule has 2 aromatic carbocycles. The first-order valence-corrected chi connectivity index (χ1v) is 16.4. The maximum absolute atomic E-state index is 14.1. The number of benzene rings is 2. The Bertz CT molecular complexity index is 1870. The summed E-state index contributed by atoms with van der Waals surface area (Å²) >= 11 is 0. The van der Waals surface area contributed by atoms with Crippen molar-refractivity contribution in [3.8, 4) is 45.8 Å². The normalized spacial score (nSPS) is 37.8. The average Bonchev–Trinajstić information content (AvgIpc) is 3.10. The van der Waals surface area contributed by atoms with Crippen molar-refractivity contribution in [1.29, 1.82) is 0 Å². The molecule has 0 bridgehead atoms. The molecule has 15 atom stereocenters. The Morgan fingerprint density at radius 1 is 0.585 bits per heavy atom. The van der Waals surface area contributed by atoms with Crippen LogP contribution < -0.4 is 14.9 Å². The summed E-state index contributed by atoms with van der Waals surface area (Å²) < 4.78 is 39.9. The third kappa shape index (κ3) is 7.04. The van der Waals surface area contributed by atoms with Crippen LogP contribution in [-0.2, 0) is 18.9 Å². The lowest BCUT2D eigenvalue weighted by atomic mass is 9.98. The molecule has 0 saturated carbocycles. The van der Waals surface area contributed by atoms with E-state index in [4.69, 9.17) is 32.8 Å². The maximum Gasteiger partial charge on any atom is 0.239 e. The van der Waals surface area contributed by atoms with Crippen LogP contribution in [0.2, 0.25) is 0 Å². The Hall–Kier alpha value is -4.03. The van der Waals surface area contributed by atoms with Gasteiger partial charge in [0.25, 0.3) is 0 Å². The Balaban J connectivity index is 1.45. The SMILES string of the molecule is CC1OC(Oc2cc(-c3oc4cc(O)cc(O)c4c(=O)c3OC3OC(C)C(O)C(O)C3OC3OC(C)C(O)C(O)C3O)cc(O)c2O)C(O)C(O)C1O. The summed E-state index contributed by atoms with van der Waals surface area (Å²) in [6.07, 6.45) is -24.2. The summed E-state index contributed by atoms with van der Waals surface area (Å²) in [5.41, 5.74) is -1.84. The van der Waals surface area contributed by atoms with Gasteiger partial charge in [0.05, 0.1) is 18.3 Å². The van der Waals surface area contributed by atoms with Crippen molar-refractivity contribution in [3.63, 3.8) is 0 Å². The number of phenolic OH excluding ortho intramolecular Hbond substituents is 4. The number of hydrogen-bond donors (Lipinski definition) is 12. The molecule has 3 aliphatic rings. The molecule has 20 nitrogen and oxygen atoms in total. The topological polar surface area (TPSA) is 328 Å². The standard InChI is InChI=1S/C33H40O20/c1-8-18(37)23(42)26(45)31(47-8)51-16-5-11(4-14(36)21(16)40)28-29(22(41)17-13(35)6-12(34)7-15(17)50-28)52-33-30(25(44)20(39)10(3)49-33)53-32-27(46)24(43)19(38)9(2)48-32/h4-10,18-20,23-27,30-40,42-46H,1-3H3. The second-order valence-corrected chi connectivity index (χ2v) is 13.2. The van der Waals surface area contributed by atoms with Crippen LogP contribution >= 0.6 is 0 Å². The van der Waals surface area contributed by atoms with Gasteiger partial charge in [-0.2, -0.15) is 0 Å². The summed E-state index contributed by atoms with van der Waals surface area (Å²) in [7, 11) is 0. The number of fused-ring (bicyclic) bond motifs is 1. The lowest BCUT2D eigenvalue weighted by Gasteiger charge is -2.45. The van der Waals surface area contributed by atoms with E-state index in [1.807, 2.05) is 0 Å². The molecule has 3 aliphatic heterocycles. The van der Waals surface area contributed by atoms with Crippen molar-refractivity contribution in [2.75, 3.05) is 0 Å². The van der Waals surface area contributed by atoms with Crippen LogP contribution in [0.25, 0.3) is 22.3 Å². The molecule has 12 N–H and O–H groups in total. The van der Waals surface area contributed by atoms with E-state index in [0.29, 0.717) is 0 Å². The molecule has 1 aromatic heterocycles. The third-order valence-corrected chi connectivity index (χ3v) is 9.40. The highest BCUT2D eigenvalue weighted by Gasteiger charge is 2.51. The van der Waals surface area contributed by atoms with Gasteiger partial charge in [-0.3, -0.25) is 4.79 Å². The molecule has 3 aromatic rings. The largest absolute Gasteiger partial charge is 0.508 e. The minimum atomic E-state index is -1.88. The van der Waals surface area contributed by atoms with Crippen LogP contribution in [0.4, 0.5) is 0 Å². The zero-order valence-electron chi connectivity index (χ0n) is 28.1. The first-order chi connectivity index (χ1) is 24.9. The van der Waals surface area contributed by atoms with Crippen LogP contribution in [-0.4, -0.2) is 153 Å². The molecule has 53 heavy (non-hydrogen) atoms. The lowest BCUT2D eigenvalue weighted by molar-refractivity contribution is -0.352. The molecule has 4 heterocycles. The molecule has 3 fully saturated rings. The fourth-order valence-electron chi connectivity index (χ4n) is 6.25. The van der Waals surface area contributed by atoms with E-state index in [1.165, 1.54) is 20.8 Å². The van der Waals surface area contributed by atoms with E-state index < -0.39 is 149 Å². The van der Waals surface area contributed by atoms with Crippen molar-refractivity contribution in [3.05, 3.63) is 34.5 Å². The summed E-state index contributed by atoms with van der Waals surface area (Å²) in [5.74, 6) is -5.07. The smallest absolute Gasteiger partial charge is 0.239 e. The van der Waals surface area contributed by atoms with Crippen molar-refractivity contribution in [2.24, 2.45) is 0 Å². The summed E-state index contributed by atoms with van der Waals surface area (Å²) in [6, 6.07) is 3.68. The molecule has 20 heteroatoms. The van der Waals surface area contributed by atoms with Gasteiger partial charge < -0.3 is 94.1 Å². The lowest BCUT2D eigenvalue weighted by Crippen LogP contribution is -2.63. The highest BCUT2D eigenvalue weighted by Crippen LogP contribution is 2.45. The molecule has 3 saturated heterocycles. The van der Waals surface area contributed by atoms with E-state index in [-0.39, 0.29) is 5.56 Å². The fourth-order valence-corrected chi connectivity index (χ4v) is 6.25. The molecule has 0 radical (unpaired) electrons. The first kappa shape index (κ1) is 38.7. The quantitative estimate of drug-likeness (QED) is 0.111. The molecule has 6 rings (SSSR count). The molecule has 0 aliphatic carbocycles. The Morgan fingerprint density at radius 3 is 1.75 bits per heavy atom. The number of aliphatic hydroxyl groups is 8. The van der Waals surface area contributed by atoms with Crippen molar-refractivity contribution >= 4 is 11.0 Å². The van der Waals surface area contributed by atoms with Crippen LogP contribution in [0.3, 0.4) is 0 Å². The number of ether oxygens (including phenoxy) is 6. The second kappa shape index (κ2) is 14.7. The zero-order valence-corrected chi connectivity index (χ0v) is 28.1. The molecular weight excluding hydrogens is 716 g/mol. The van der Waals surface area contributed by atoms with Gasteiger partial charge in [-0.05, 0) is 32.9 Å². The second-order valence-electron chi connectivity index (χ2n) is 13.2. The Labute approximate surface area is 298 Å². The monoisotopic (exact) mass is 756 g/mol. The molecule has 292 valence electrons. The van der Waals surface area contributed by atoms with Crippen molar-refractivity contribution in [1.82, 2.24) is 0 Å². The number of phenols is 4. The van der Waals surface area contributed by atoms with E-state index in [1.54, 1.807) is 0 Å². The third-order valence-electron chi connectivity index (χ3n) is 9.40. The number of hydrogen-bond acceptors (Lipinski definition) is 20. The summed E-state index contributed by atoms with van der Waals surface area (Å²) in [5, 5.41) is 125. The van der Waals surface area contributed by atoms with Crippen LogP contribution in [0, 0.1) is 0 Å². The average molecular weight is 757 g/mol. The predicted octanol–water partition coefficient (Wildman–Crippen LogP) is -2.45. The highest BCUT2D eigenvalue weighted by atomic mass is 16.8. The predicted molar refractivity (Wildman–Crippen MR) is 172 cm³/mol. The van der Waals surface area contributed by atoms with Gasteiger partial charge in [0.15, 0.2) is 29.7 Å². The Kier molecular flexibility index (Phi) is 10.7. The summed E-state index contributed by atoms with van der Waals surface area (Å²) in [4.78, 5) is 14.1. The van der Waals surface area contributed by atoms with Crippen LogP contribution in [0.5, 0.6) is 34.5 Å². The minimum absolute atomic E-state index is 0.301. The first-order valence-electron chi connectivity index (χ1n) is 16.4. The van der Waals surface area contributed by atoms with Gasteiger partial charge in [-0.1, -0.05) is 0 Å². The highest BCUT2D eigenvalue weighted by molar-refractivity contribution is 5.88. The number of aromatic hydroxyl groups is 4. The molecular formula is C33H40O20. The molecule has 0 amide bonds. The van der Waals surface area contributed by atoms with E-state index >= 15 is 0 Å². The van der Waals surface area contributed by atoms with Gasteiger partial charge in [-0.15, -0.1) is 0 Å². The fraction of sp³-hybridized carbons (Fsp3) is 0.545. The van der Waals surface area contributed by atoms with Crippen molar-refractivity contribution < 1.29 is 94.1 Å². The molecule has 15 unspecified atom stereocenters. The zero-order chi connectivity index (χ0) is 38.8. The van der Waals surface area contributed by atoms with Crippen LogP contribution in [0.1, 0.15) is 20.8 Å². The van der Waals surface area contributed by atoms with E-state index in [2.05, 4.69) is 0 Å². The minimum Gasteiger partial charge on any atom is -0.508 e. The maximum atomic E-state index is 14.1. The van der Waals surface area contributed by atoms with Gasteiger partial charge in [0, 0.05) is 17.7 Å². The Morgan fingerprint density at radius 2 is 1.13 bits per heavy atom. The number of rotatable bonds is 7. The summed E-state index contributed by atoms with van der Waals surface area (Å²) in [6.45, 7) is 4.08. The van der Waals surface area contributed by atoms with Gasteiger partial charge in [0.1, 0.15) is 71.3 Å².